The highest BCUT2D eigenvalue weighted by Gasteiger charge is 2.44. The minimum atomic E-state index is -3.61. The highest BCUT2D eigenvalue weighted by molar-refractivity contribution is 7.89. The van der Waals surface area contributed by atoms with Crippen LogP contribution in [-0.2, 0) is 14.8 Å². The summed E-state index contributed by atoms with van der Waals surface area (Å²) < 4.78 is 33.2. The first-order valence-corrected chi connectivity index (χ1v) is 10.6. The number of hydrogen-bond acceptors (Lipinski definition) is 5. The van der Waals surface area contributed by atoms with Gasteiger partial charge in [0.25, 0.3) is 0 Å². The molecule has 3 aliphatic rings. The molecule has 0 aromatic heterocycles. The predicted molar refractivity (Wildman–Crippen MR) is 96.4 cm³/mol. The van der Waals surface area contributed by atoms with Gasteiger partial charge in [0, 0.05) is 18.5 Å². The van der Waals surface area contributed by atoms with Crippen LogP contribution in [0.2, 0.25) is 0 Å². The Kier molecular flexibility index (Phi) is 4.66. The van der Waals surface area contributed by atoms with Crippen LogP contribution in [0.3, 0.4) is 0 Å². The van der Waals surface area contributed by atoms with Gasteiger partial charge in [-0.05, 0) is 51.5 Å². The number of carbonyl (C=O) groups is 1. The van der Waals surface area contributed by atoms with Gasteiger partial charge >= 0.3 is 0 Å². The Balaban J connectivity index is 1.46. The zero-order valence-corrected chi connectivity index (χ0v) is 15.7. The molecule has 0 saturated carbocycles. The lowest BCUT2D eigenvalue weighted by atomic mass is 9.96. The van der Waals surface area contributed by atoms with E-state index in [9.17, 15) is 13.2 Å². The molecular formula is C18H25N3O4S. The van der Waals surface area contributed by atoms with Crippen LogP contribution in [0.4, 0.5) is 0 Å². The summed E-state index contributed by atoms with van der Waals surface area (Å²) in [6, 6.07) is 6.35. The van der Waals surface area contributed by atoms with Gasteiger partial charge in [0.2, 0.25) is 15.9 Å². The summed E-state index contributed by atoms with van der Waals surface area (Å²) in [5.74, 6) is 0.494. The first-order chi connectivity index (χ1) is 12.4. The number of fused-ring (bicyclic) bond motifs is 2. The molecule has 0 spiro atoms. The topological polar surface area (TPSA) is 79.0 Å². The third-order valence-corrected chi connectivity index (χ3v) is 7.62. The predicted octanol–water partition coefficient (Wildman–Crippen LogP) is 0.669. The molecule has 4 rings (SSSR count). The Labute approximate surface area is 154 Å². The van der Waals surface area contributed by atoms with E-state index in [0.29, 0.717) is 25.3 Å². The number of sulfonamides is 1. The number of likely N-dealkylation sites (tertiary alicyclic amines) is 1. The molecule has 0 aliphatic carbocycles. The molecule has 1 amide bonds. The highest BCUT2D eigenvalue weighted by atomic mass is 32.2. The normalized spacial score (nSPS) is 29.3. The summed E-state index contributed by atoms with van der Waals surface area (Å²) in [7, 11) is -1.54. The van der Waals surface area contributed by atoms with Crippen molar-refractivity contribution in [1.29, 1.82) is 0 Å². The van der Waals surface area contributed by atoms with Crippen molar-refractivity contribution >= 4 is 15.9 Å². The van der Waals surface area contributed by atoms with E-state index in [1.165, 1.54) is 4.31 Å². The van der Waals surface area contributed by atoms with Gasteiger partial charge in [-0.2, -0.15) is 4.31 Å². The van der Waals surface area contributed by atoms with Crippen LogP contribution in [0, 0.1) is 5.92 Å². The second-order valence-electron chi connectivity index (χ2n) is 7.51. The quantitative estimate of drug-likeness (QED) is 0.817. The minimum Gasteiger partial charge on any atom is -0.490 e. The van der Waals surface area contributed by atoms with E-state index in [1.54, 1.807) is 24.3 Å². The lowest BCUT2D eigenvalue weighted by molar-refractivity contribution is -0.127. The van der Waals surface area contributed by atoms with Crippen molar-refractivity contribution in [2.45, 2.75) is 36.2 Å². The second kappa shape index (κ2) is 6.83. The van der Waals surface area contributed by atoms with E-state index < -0.39 is 10.0 Å². The Morgan fingerprint density at radius 1 is 1.23 bits per heavy atom. The molecule has 2 fully saturated rings. The van der Waals surface area contributed by atoms with Crippen LogP contribution in [0.25, 0.3) is 0 Å². The van der Waals surface area contributed by atoms with Crippen LogP contribution < -0.4 is 10.1 Å². The average molecular weight is 379 g/mol. The maximum atomic E-state index is 13.0. The molecule has 1 aromatic rings. The van der Waals surface area contributed by atoms with E-state index in [0.717, 1.165) is 25.9 Å². The number of piperidine rings is 1. The lowest BCUT2D eigenvalue weighted by Gasteiger charge is -2.29. The highest BCUT2D eigenvalue weighted by Crippen LogP contribution is 2.35. The summed E-state index contributed by atoms with van der Waals surface area (Å²) in [6.07, 6.45) is 2.31. The van der Waals surface area contributed by atoms with Crippen molar-refractivity contribution in [3.63, 3.8) is 0 Å². The van der Waals surface area contributed by atoms with Gasteiger partial charge in [0.15, 0.2) is 0 Å². The van der Waals surface area contributed by atoms with Crippen molar-refractivity contribution in [2.75, 3.05) is 33.3 Å². The Morgan fingerprint density at radius 3 is 2.73 bits per heavy atom. The van der Waals surface area contributed by atoms with Crippen molar-refractivity contribution in [3.8, 4) is 5.75 Å². The van der Waals surface area contributed by atoms with E-state index in [-0.39, 0.29) is 28.8 Å². The van der Waals surface area contributed by atoms with Gasteiger partial charge in [-0.1, -0.05) is 12.1 Å². The molecule has 2 atom stereocenters. The van der Waals surface area contributed by atoms with Crippen LogP contribution in [0.5, 0.6) is 5.75 Å². The molecule has 0 radical (unpaired) electrons. The minimum absolute atomic E-state index is 0.0280. The summed E-state index contributed by atoms with van der Waals surface area (Å²) in [6.45, 7) is 2.48. The Morgan fingerprint density at radius 2 is 1.96 bits per heavy atom. The molecular weight excluding hydrogens is 354 g/mol. The van der Waals surface area contributed by atoms with E-state index in [1.807, 2.05) is 0 Å². The van der Waals surface area contributed by atoms with E-state index in [4.69, 9.17) is 4.74 Å². The molecule has 0 bridgehead atoms. The van der Waals surface area contributed by atoms with E-state index in [2.05, 4.69) is 17.3 Å². The summed E-state index contributed by atoms with van der Waals surface area (Å²) in [4.78, 5) is 15.0. The number of carbonyl (C=O) groups excluding carboxylic acids is 1. The van der Waals surface area contributed by atoms with Crippen LogP contribution in [-0.4, -0.2) is 68.9 Å². The van der Waals surface area contributed by atoms with Crippen LogP contribution in [0.15, 0.2) is 29.2 Å². The smallest absolute Gasteiger partial charge is 0.247 e. The number of benzene rings is 1. The number of nitrogens with one attached hydrogen (secondary N) is 1. The van der Waals surface area contributed by atoms with Crippen molar-refractivity contribution < 1.29 is 17.9 Å². The molecule has 26 heavy (non-hydrogen) atoms. The fourth-order valence-corrected chi connectivity index (χ4v) is 5.92. The fourth-order valence-electron chi connectivity index (χ4n) is 4.12. The number of para-hydroxylation sites is 1. The van der Waals surface area contributed by atoms with Crippen molar-refractivity contribution in [1.82, 2.24) is 14.5 Å². The molecule has 142 valence electrons. The number of nitrogens with zero attached hydrogens (tertiary/aromatic N) is 2. The fraction of sp³-hybridized carbons (Fsp3) is 0.611. The van der Waals surface area contributed by atoms with E-state index >= 15 is 0 Å². The standard InChI is InChI=1S/C18H25N3O4S/c1-20-8-6-13(7-9-20)18(22)19-14-10-15-12-25-16-4-2-3-5-17(16)26(23,24)21(15)11-14/h2-5,13-15H,6-12H2,1H3,(H,19,22)/t14-,15-/m0/s1. The van der Waals surface area contributed by atoms with Gasteiger partial charge < -0.3 is 15.0 Å². The average Bonchev–Trinajstić information content (AvgIpc) is 3.00. The first-order valence-electron chi connectivity index (χ1n) is 9.18. The SMILES string of the molecule is CN1CCC(C(=O)N[C@H]2C[C@H]3COc4ccccc4S(=O)(=O)N3C2)CC1. The third-order valence-electron chi connectivity index (χ3n) is 5.67. The molecule has 0 unspecified atom stereocenters. The first kappa shape index (κ1) is 17.8. The maximum Gasteiger partial charge on any atom is 0.247 e. The second-order valence-corrected chi connectivity index (χ2v) is 9.36. The van der Waals surface area contributed by atoms with Gasteiger partial charge in [-0.25, -0.2) is 8.42 Å². The molecule has 7 nitrogen and oxygen atoms in total. The van der Waals surface area contributed by atoms with Crippen molar-refractivity contribution in [2.24, 2.45) is 5.92 Å². The number of hydrogen-bond donors (Lipinski definition) is 1. The molecule has 3 heterocycles. The molecule has 1 aromatic carbocycles. The zero-order chi connectivity index (χ0) is 18.3. The number of rotatable bonds is 2. The van der Waals surface area contributed by atoms with Gasteiger partial charge in [-0.15, -0.1) is 0 Å². The molecule has 8 heteroatoms. The summed E-state index contributed by atoms with van der Waals surface area (Å²) in [5, 5.41) is 3.08. The maximum absolute atomic E-state index is 13.0. The molecule has 1 N–H and O–H groups in total. The summed E-state index contributed by atoms with van der Waals surface area (Å²) in [5.41, 5.74) is 0. The Hall–Kier alpha value is -1.64. The monoisotopic (exact) mass is 379 g/mol. The number of ether oxygens (including phenoxy) is 1. The van der Waals surface area contributed by atoms with Gasteiger partial charge in [0.05, 0.1) is 6.04 Å². The van der Waals surface area contributed by atoms with Gasteiger partial charge in [-0.3, -0.25) is 4.79 Å². The third kappa shape index (κ3) is 3.21. The largest absolute Gasteiger partial charge is 0.490 e. The lowest BCUT2D eigenvalue weighted by Crippen LogP contribution is -2.44. The molecule has 2 saturated heterocycles. The Bertz CT molecular complexity index is 789. The zero-order valence-electron chi connectivity index (χ0n) is 14.9. The number of amides is 1. The van der Waals surface area contributed by atoms with Crippen molar-refractivity contribution in [3.05, 3.63) is 24.3 Å². The molecule has 3 aliphatic heterocycles. The summed E-state index contributed by atoms with van der Waals surface area (Å²) >= 11 is 0. The van der Waals surface area contributed by atoms with Crippen LogP contribution >= 0.6 is 0 Å². The van der Waals surface area contributed by atoms with Crippen LogP contribution in [0.1, 0.15) is 19.3 Å². The van der Waals surface area contributed by atoms with Gasteiger partial charge in [0.1, 0.15) is 17.3 Å².